The highest BCUT2D eigenvalue weighted by atomic mass is 32.1. The van der Waals surface area contributed by atoms with Gasteiger partial charge in [0.2, 0.25) is 5.91 Å². The van der Waals surface area contributed by atoms with Crippen molar-refractivity contribution in [3.8, 4) is 0 Å². The summed E-state index contributed by atoms with van der Waals surface area (Å²) in [5.41, 5.74) is 0.667. The maximum absolute atomic E-state index is 11.9. The molecule has 1 saturated heterocycles. The van der Waals surface area contributed by atoms with Crippen LogP contribution < -0.4 is 5.32 Å². The second kappa shape index (κ2) is 7.40. The van der Waals surface area contributed by atoms with Gasteiger partial charge in [-0.25, -0.2) is 0 Å². The van der Waals surface area contributed by atoms with E-state index < -0.39 is 0 Å². The Hall–Kier alpha value is -1.40. The van der Waals surface area contributed by atoms with E-state index in [1.807, 2.05) is 5.38 Å². The van der Waals surface area contributed by atoms with Crippen LogP contribution in [0.1, 0.15) is 36.0 Å². The van der Waals surface area contributed by atoms with Crippen molar-refractivity contribution in [1.82, 2.24) is 10.2 Å². The van der Waals surface area contributed by atoms with Gasteiger partial charge in [0.25, 0.3) is 5.91 Å². The first-order valence-corrected chi connectivity index (χ1v) is 7.87. The van der Waals surface area contributed by atoms with Gasteiger partial charge in [-0.05, 0) is 30.7 Å². The summed E-state index contributed by atoms with van der Waals surface area (Å²) in [5.74, 6) is -0.0272. The first-order chi connectivity index (χ1) is 9.66. The van der Waals surface area contributed by atoms with Gasteiger partial charge in [0.1, 0.15) is 0 Å². The van der Waals surface area contributed by atoms with Crippen LogP contribution in [0.3, 0.4) is 0 Å². The summed E-state index contributed by atoms with van der Waals surface area (Å²) in [4.78, 5) is 25.3. The van der Waals surface area contributed by atoms with Crippen LogP contribution in [0.5, 0.6) is 0 Å². The lowest BCUT2D eigenvalue weighted by Crippen LogP contribution is -2.42. The number of aliphatic hydroxyl groups is 1. The van der Waals surface area contributed by atoms with E-state index in [9.17, 15) is 14.7 Å². The van der Waals surface area contributed by atoms with Crippen molar-refractivity contribution in [3.05, 3.63) is 22.4 Å². The Morgan fingerprint density at radius 3 is 3.05 bits per heavy atom. The van der Waals surface area contributed by atoms with Crippen molar-refractivity contribution in [2.45, 2.75) is 31.8 Å². The maximum Gasteiger partial charge on any atom is 0.252 e. The Kier molecular flexibility index (Phi) is 5.55. The summed E-state index contributed by atoms with van der Waals surface area (Å²) >= 11 is 1.49. The molecule has 1 atom stereocenters. The number of carbonyl (C=O) groups is 2. The molecule has 2 N–H and O–H groups in total. The average molecular weight is 296 g/mol. The Bertz CT molecular complexity index is 447. The molecule has 0 bridgehead atoms. The molecule has 2 amide bonds. The minimum Gasteiger partial charge on any atom is -0.391 e. The molecular weight excluding hydrogens is 276 g/mol. The minimum absolute atomic E-state index is 0.0635. The highest BCUT2D eigenvalue weighted by Gasteiger charge is 2.21. The molecule has 20 heavy (non-hydrogen) atoms. The molecule has 0 aromatic carbocycles. The van der Waals surface area contributed by atoms with E-state index in [0.29, 0.717) is 31.5 Å². The van der Waals surface area contributed by atoms with E-state index in [0.717, 1.165) is 19.4 Å². The monoisotopic (exact) mass is 296 g/mol. The van der Waals surface area contributed by atoms with Crippen LogP contribution in [0.15, 0.2) is 16.8 Å². The molecule has 5 nitrogen and oxygen atoms in total. The van der Waals surface area contributed by atoms with E-state index in [4.69, 9.17) is 0 Å². The number of nitrogens with one attached hydrogen (secondary N) is 1. The predicted octanol–water partition coefficient (Wildman–Crippen LogP) is 1.24. The Morgan fingerprint density at radius 2 is 2.35 bits per heavy atom. The van der Waals surface area contributed by atoms with Crippen molar-refractivity contribution < 1.29 is 14.7 Å². The minimum atomic E-state index is -0.383. The van der Waals surface area contributed by atoms with Crippen molar-refractivity contribution in [3.63, 3.8) is 0 Å². The van der Waals surface area contributed by atoms with Crippen molar-refractivity contribution in [2.24, 2.45) is 0 Å². The third-order valence-corrected chi connectivity index (χ3v) is 4.07. The van der Waals surface area contributed by atoms with Gasteiger partial charge in [-0.1, -0.05) is 0 Å². The number of aliphatic hydroxyl groups excluding tert-OH is 1. The van der Waals surface area contributed by atoms with E-state index in [-0.39, 0.29) is 17.9 Å². The van der Waals surface area contributed by atoms with Gasteiger partial charge in [-0.2, -0.15) is 11.3 Å². The Labute approximate surface area is 122 Å². The highest BCUT2D eigenvalue weighted by molar-refractivity contribution is 7.08. The van der Waals surface area contributed by atoms with Gasteiger partial charge in [0.05, 0.1) is 6.10 Å². The molecular formula is C14H20N2O3S. The maximum atomic E-state index is 11.9. The fourth-order valence-electron chi connectivity index (χ4n) is 2.28. The third-order valence-electron chi connectivity index (χ3n) is 3.39. The SMILES string of the molecule is O=C(NCCCC(=O)N1CCCC(O)C1)c1ccsc1. The molecule has 1 aromatic heterocycles. The average Bonchev–Trinajstić information content (AvgIpc) is 2.97. The van der Waals surface area contributed by atoms with Crippen LogP contribution in [0.2, 0.25) is 0 Å². The fourth-order valence-corrected chi connectivity index (χ4v) is 2.91. The lowest BCUT2D eigenvalue weighted by atomic mass is 10.1. The molecule has 110 valence electrons. The third kappa shape index (κ3) is 4.31. The summed E-state index contributed by atoms with van der Waals surface area (Å²) in [7, 11) is 0. The number of β-amino-alcohol motifs (C(OH)–C–C–N with tert-alkyl or cyclic N) is 1. The first-order valence-electron chi connectivity index (χ1n) is 6.93. The van der Waals surface area contributed by atoms with Gasteiger partial charge < -0.3 is 15.3 Å². The molecule has 1 aromatic rings. The molecule has 0 spiro atoms. The number of amides is 2. The fraction of sp³-hybridized carbons (Fsp3) is 0.571. The van der Waals surface area contributed by atoms with Gasteiger partial charge in [0.15, 0.2) is 0 Å². The van der Waals surface area contributed by atoms with Crippen LogP contribution >= 0.6 is 11.3 Å². The number of rotatable bonds is 5. The molecule has 1 aliphatic rings. The molecule has 0 radical (unpaired) electrons. The smallest absolute Gasteiger partial charge is 0.252 e. The number of nitrogens with zero attached hydrogens (tertiary/aromatic N) is 1. The van der Waals surface area contributed by atoms with Crippen LogP contribution in [0, 0.1) is 0 Å². The van der Waals surface area contributed by atoms with Gasteiger partial charge >= 0.3 is 0 Å². The normalized spacial score (nSPS) is 18.9. The van der Waals surface area contributed by atoms with Gasteiger partial charge in [-0.15, -0.1) is 0 Å². The lowest BCUT2D eigenvalue weighted by molar-refractivity contribution is -0.134. The Balaban J connectivity index is 1.63. The summed E-state index contributed by atoms with van der Waals surface area (Å²) in [5, 5.41) is 16.0. The topological polar surface area (TPSA) is 69.6 Å². The summed E-state index contributed by atoms with van der Waals surface area (Å²) in [6, 6.07) is 1.78. The van der Waals surface area contributed by atoms with Crippen LogP contribution in [-0.2, 0) is 4.79 Å². The Morgan fingerprint density at radius 1 is 1.50 bits per heavy atom. The lowest BCUT2D eigenvalue weighted by Gasteiger charge is -2.30. The van der Waals surface area contributed by atoms with Crippen molar-refractivity contribution in [2.75, 3.05) is 19.6 Å². The van der Waals surface area contributed by atoms with Gasteiger partial charge in [0, 0.05) is 37.0 Å². The largest absolute Gasteiger partial charge is 0.391 e. The second-order valence-corrected chi connectivity index (χ2v) is 5.79. The molecule has 0 saturated carbocycles. The quantitative estimate of drug-likeness (QED) is 0.803. The van der Waals surface area contributed by atoms with Crippen LogP contribution in [0.4, 0.5) is 0 Å². The highest BCUT2D eigenvalue weighted by Crippen LogP contribution is 2.11. The van der Waals surface area contributed by atoms with Crippen LogP contribution in [0.25, 0.3) is 0 Å². The summed E-state index contributed by atoms with van der Waals surface area (Å²) in [6.07, 6.45) is 2.30. The molecule has 1 unspecified atom stereocenters. The number of carbonyl (C=O) groups excluding carboxylic acids is 2. The van der Waals surface area contributed by atoms with Crippen molar-refractivity contribution >= 4 is 23.2 Å². The van der Waals surface area contributed by atoms with Crippen LogP contribution in [-0.4, -0.2) is 47.6 Å². The van der Waals surface area contributed by atoms with E-state index >= 15 is 0 Å². The zero-order valence-corrected chi connectivity index (χ0v) is 12.2. The first kappa shape index (κ1) is 15.0. The number of piperidine rings is 1. The number of thiophene rings is 1. The summed E-state index contributed by atoms with van der Waals surface area (Å²) in [6.45, 7) is 1.67. The number of hydrogen-bond acceptors (Lipinski definition) is 4. The van der Waals surface area contributed by atoms with E-state index in [2.05, 4.69) is 5.32 Å². The predicted molar refractivity (Wildman–Crippen MR) is 77.7 cm³/mol. The molecule has 2 heterocycles. The molecule has 1 fully saturated rings. The van der Waals surface area contributed by atoms with Gasteiger partial charge in [-0.3, -0.25) is 9.59 Å². The second-order valence-electron chi connectivity index (χ2n) is 5.01. The zero-order valence-electron chi connectivity index (χ0n) is 11.4. The van der Waals surface area contributed by atoms with E-state index in [1.54, 1.807) is 16.3 Å². The molecule has 2 rings (SSSR count). The molecule has 0 aliphatic carbocycles. The summed E-state index contributed by atoms with van der Waals surface area (Å²) < 4.78 is 0. The van der Waals surface area contributed by atoms with E-state index in [1.165, 1.54) is 11.3 Å². The zero-order chi connectivity index (χ0) is 14.4. The number of likely N-dealkylation sites (tertiary alicyclic amines) is 1. The molecule has 6 heteroatoms. The van der Waals surface area contributed by atoms with Crippen molar-refractivity contribution in [1.29, 1.82) is 0 Å². The number of hydrogen-bond donors (Lipinski definition) is 2. The standard InChI is InChI=1S/C14H20N2O3S/c17-12-3-2-7-16(9-12)13(18)4-1-6-15-14(19)11-5-8-20-10-11/h5,8,10,12,17H,1-4,6-7,9H2,(H,15,19). The molecule has 1 aliphatic heterocycles.